The molecule has 1 rings (SSSR count). The number of carbonyl (C=O) groups is 1. The molecule has 1 amide bonds. The molecule has 0 saturated carbocycles. The molecule has 0 aliphatic rings. The number of halogens is 4. The average molecular weight is 269 g/mol. The van der Waals surface area contributed by atoms with Crippen molar-refractivity contribution >= 4 is 21.8 Å². The van der Waals surface area contributed by atoms with Gasteiger partial charge in [-0.3, -0.25) is 4.79 Å². The first kappa shape index (κ1) is 11.0. The van der Waals surface area contributed by atoms with E-state index in [1.807, 2.05) is 0 Å². The van der Waals surface area contributed by atoms with Crippen molar-refractivity contribution in [2.24, 2.45) is 5.73 Å². The first-order valence-electron chi connectivity index (χ1n) is 3.35. The Kier molecular flexibility index (Phi) is 2.79. The summed E-state index contributed by atoms with van der Waals surface area (Å²) in [7, 11) is 0. The molecular weight excluding hydrogens is 265 g/mol. The highest BCUT2D eigenvalue weighted by Crippen LogP contribution is 2.29. The summed E-state index contributed by atoms with van der Waals surface area (Å²) in [6, 6.07) is 1.73. The normalized spacial score (nSPS) is 11.4. The number of alkyl halides is 3. The summed E-state index contributed by atoms with van der Waals surface area (Å²) >= 11 is 2.75. The maximum absolute atomic E-state index is 12.2. The monoisotopic (exact) mass is 268 g/mol. The summed E-state index contributed by atoms with van der Waals surface area (Å²) in [5, 5.41) is 0. The fraction of sp³-hybridized carbons (Fsp3) is 0.143. The molecule has 2 N–H and O–H groups in total. The summed E-state index contributed by atoms with van der Waals surface area (Å²) in [5.74, 6) is -0.932. The number of amides is 1. The Morgan fingerprint density at radius 3 is 2.43 bits per heavy atom. The molecule has 0 fully saturated rings. The highest BCUT2D eigenvalue weighted by molar-refractivity contribution is 9.10. The van der Waals surface area contributed by atoms with Crippen molar-refractivity contribution in [3.63, 3.8) is 0 Å². The first-order chi connectivity index (χ1) is 6.30. The molecule has 7 heteroatoms. The van der Waals surface area contributed by atoms with E-state index in [4.69, 9.17) is 5.73 Å². The lowest BCUT2D eigenvalue weighted by molar-refractivity contribution is -0.141. The van der Waals surface area contributed by atoms with Gasteiger partial charge >= 0.3 is 6.18 Å². The number of pyridine rings is 1. The fourth-order valence-corrected chi connectivity index (χ4v) is 1.22. The van der Waals surface area contributed by atoms with Crippen LogP contribution in [0.1, 0.15) is 16.1 Å². The first-order valence-corrected chi connectivity index (χ1v) is 4.14. The molecular formula is C7H4BrF3N2O. The summed E-state index contributed by atoms with van der Waals surface area (Å²) in [6.07, 6.45) is -4.59. The fourth-order valence-electron chi connectivity index (χ4n) is 0.784. The van der Waals surface area contributed by atoms with E-state index in [1.165, 1.54) is 0 Å². The number of primary amides is 1. The van der Waals surface area contributed by atoms with Crippen LogP contribution < -0.4 is 5.73 Å². The third-order valence-corrected chi connectivity index (χ3v) is 1.78. The number of hydrogen-bond donors (Lipinski definition) is 1. The van der Waals surface area contributed by atoms with Gasteiger partial charge in [0.05, 0.1) is 0 Å². The molecule has 76 valence electrons. The van der Waals surface area contributed by atoms with Crippen LogP contribution in [0.25, 0.3) is 0 Å². The van der Waals surface area contributed by atoms with Gasteiger partial charge in [0, 0.05) is 5.56 Å². The smallest absolute Gasteiger partial charge is 0.366 e. The van der Waals surface area contributed by atoms with Gasteiger partial charge < -0.3 is 5.73 Å². The van der Waals surface area contributed by atoms with Crippen LogP contribution in [-0.4, -0.2) is 10.9 Å². The minimum Gasteiger partial charge on any atom is -0.366 e. The Bertz CT molecular complexity index is 378. The summed E-state index contributed by atoms with van der Waals surface area (Å²) in [4.78, 5) is 13.8. The molecule has 0 atom stereocenters. The molecule has 0 aliphatic heterocycles. The van der Waals surface area contributed by atoms with Gasteiger partial charge in [-0.25, -0.2) is 4.98 Å². The van der Waals surface area contributed by atoms with Gasteiger partial charge in [0.15, 0.2) is 0 Å². The highest BCUT2D eigenvalue weighted by atomic mass is 79.9. The van der Waals surface area contributed by atoms with Crippen LogP contribution in [0.5, 0.6) is 0 Å². The summed E-state index contributed by atoms with van der Waals surface area (Å²) in [5.41, 5.74) is 3.45. The number of aromatic nitrogens is 1. The molecule has 1 heterocycles. The number of hydrogen-bond acceptors (Lipinski definition) is 2. The second kappa shape index (κ2) is 3.56. The van der Waals surface area contributed by atoms with Gasteiger partial charge in [0.2, 0.25) is 5.91 Å². The van der Waals surface area contributed by atoms with Gasteiger partial charge in [-0.2, -0.15) is 13.2 Å². The predicted molar refractivity (Wildman–Crippen MR) is 45.5 cm³/mol. The minimum atomic E-state index is -4.59. The molecule has 0 aromatic carbocycles. The van der Waals surface area contributed by atoms with Crippen LogP contribution in [0.15, 0.2) is 16.7 Å². The Hall–Kier alpha value is -1.11. The molecule has 0 saturated heterocycles. The number of carbonyl (C=O) groups excluding carboxylic acids is 1. The van der Waals surface area contributed by atoms with E-state index < -0.39 is 17.8 Å². The Morgan fingerprint density at radius 1 is 1.43 bits per heavy atom. The van der Waals surface area contributed by atoms with E-state index in [0.717, 1.165) is 6.07 Å². The van der Waals surface area contributed by atoms with Crippen LogP contribution in [0.3, 0.4) is 0 Å². The van der Waals surface area contributed by atoms with E-state index in [9.17, 15) is 18.0 Å². The van der Waals surface area contributed by atoms with E-state index in [1.54, 1.807) is 0 Å². The second-order valence-electron chi connectivity index (χ2n) is 2.43. The molecule has 1 aromatic rings. The number of rotatable bonds is 1. The van der Waals surface area contributed by atoms with Crippen LogP contribution in [-0.2, 0) is 6.18 Å². The van der Waals surface area contributed by atoms with Crippen molar-refractivity contribution in [2.45, 2.75) is 6.18 Å². The number of nitrogens with zero attached hydrogens (tertiary/aromatic N) is 1. The largest absolute Gasteiger partial charge is 0.433 e. The van der Waals surface area contributed by atoms with Crippen molar-refractivity contribution in [1.82, 2.24) is 4.98 Å². The van der Waals surface area contributed by atoms with Gasteiger partial charge in [0.25, 0.3) is 0 Å². The minimum absolute atomic E-state index is 0.0823. The standard InChI is InChI=1S/C7H4BrF3N2O/c8-5-2-3(6(12)14)1-4(13-5)7(9,10)11/h1-2H,(H2,12,14). The SMILES string of the molecule is NC(=O)c1cc(Br)nc(C(F)(F)F)c1. The molecule has 0 unspecified atom stereocenters. The molecule has 14 heavy (non-hydrogen) atoms. The van der Waals surface area contributed by atoms with Crippen molar-refractivity contribution in [1.29, 1.82) is 0 Å². The molecule has 0 aliphatic carbocycles. The van der Waals surface area contributed by atoms with Gasteiger partial charge in [-0.1, -0.05) is 0 Å². The van der Waals surface area contributed by atoms with Crippen LogP contribution in [0, 0.1) is 0 Å². The zero-order valence-electron chi connectivity index (χ0n) is 6.60. The van der Waals surface area contributed by atoms with E-state index >= 15 is 0 Å². The predicted octanol–water partition coefficient (Wildman–Crippen LogP) is 1.96. The second-order valence-corrected chi connectivity index (χ2v) is 3.24. The molecule has 3 nitrogen and oxygen atoms in total. The van der Waals surface area contributed by atoms with Gasteiger partial charge in [-0.15, -0.1) is 0 Å². The van der Waals surface area contributed by atoms with Gasteiger partial charge in [0.1, 0.15) is 10.3 Å². The quantitative estimate of drug-likeness (QED) is 0.792. The Morgan fingerprint density at radius 2 is 2.00 bits per heavy atom. The van der Waals surface area contributed by atoms with E-state index in [-0.39, 0.29) is 10.2 Å². The summed E-state index contributed by atoms with van der Waals surface area (Å²) < 4.78 is 36.4. The molecule has 1 aromatic heterocycles. The van der Waals surface area contributed by atoms with E-state index in [0.29, 0.717) is 6.07 Å². The lowest BCUT2D eigenvalue weighted by Gasteiger charge is -2.06. The van der Waals surface area contributed by atoms with Crippen molar-refractivity contribution in [3.8, 4) is 0 Å². The average Bonchev–Trinajstić information content (AvgIpc) is 2.01. The van der Waals surface area contributed by atoms with Crippen molar-refractivity contribution in [3.05, 3.63) is 28.0 Å². The zero-order valence-corrected chi connectivity index (χ0v) is 8.19. The van der Waals surface area contributed by atoms with Crippen LogP contribution in [0.4, 0.5) is 13.2 Å². The van der Waals surface area contributed by atoms with E-state index in [2.05, 4.69) is 20.9 Å². The Labute approximate surface area is 85.2 Å². The van der Waals surface area contributed by atoms with Crippen LogP contribution in [0.2, 0.25) is 0 Å². The third kappa shape index (κ3) is 2.44. The highest BCUT2D eigenvalue weighted by Gasteiger charge is 2.33. The maximum atomic E-state index is 12.2. The third-order valence-electron chi connectivity index (χ3n) is 1.37. The summed E-state index contributed by atoms with van der Waals surface area (Å²) in [6.45, 7) is 0. The van der Waals surface area contributed by atoms with Crippen molar-refractivity contribution < 1.29 is 18.0 Å². The van der Waals surface area contributed by atoms with Crippen molar-refractivity contribution in [2.75, 3.05) is 0 Å². The maximum Gasteiger partial charge on any atom is 0.433 e. The molecule has 0 spiro atoms. The molecule has 0 bridgehead atoms. The van der Waals surface area contributed by atoms with Crippen LogP contribution >= 0.6 is 15.9 Å². The lowest BCUT2D eigenvalue weighted by atomic mass is 10.2. The van der Waals surface area contributed by atoms with Gasteiger partial charge in [-0.05, 0) is 28.1 Å². The number of nitrogens with two attached hydrogens (primary N) is 1. The molecule has 0 radical (unpaired) electrons. The Balaban J connectivity index is 3.28. The zero-order chi connectivity index (χ0) is 10.9. The lowest BCUT2D eigenvalue weighted by Crippen LogP contribution is -2.15. The topological polar surface area (TPSA) is 56.0 Å².